The average Bonchev–Trinajstić information content (AvgIpc) is 3.37. The summed E-state index contributed by atoms with van der Waals surface area (Å²) in [5.74, 6) is 1.97. The van der Waals surface area contributed by atoms with Crippen molar-refractivity contribution in [2.24, 2.45) is 4.99 Å². The molecular weight excluding hydrogens is 340 g/mol. The summed E-state index contributed by atoms with van der Waals surface area (Å²) in [6.45, 7) is 7.22. The third kappa shape index (κ3) is 4.70. The van der Waals surface area contributed by atoms with Crippen molar-refractivity contribution in [1.82, 2.24) is 10.2 Å². The van der Waals surface area contributed by atoms with E-state index in [1.807, 2.05) is 12.1 Å². The van der Waals surface area contributed by atoms with Crippen LogP contribution in [0, 0.1) is 0 Å². The molecule has 1 aromatic heterocycles. The molecular formula is C21H28N4O2. The van der Waals surface area contributed by atoms with E-state index in [0.717, 1.165) is 77.0 Å². The molecule has 6 heteroatoms. The van der Waals surface area contributed by atoms with Gasteiger partial charge in [0.25, 0.3) is 0 Å². The second kappa shape index (κ2) is 9.06. The van der Waals surface area contributed by atoms with Crippen LogP contribution >= 0.6 is 0 Å². The van der Waals surface area contributed by atoms with Crippen LogP contribution in [0.25, 0.3) is 0 Å². The number of guanidine groups is 1. The Balaban J connectivity index is 1.40. The van der Waals surface area contributed by atoms with Crippen LogP contribution in [0.4, 0.5) is 5.69 Å². The van der Waals surface area contributed by atoms with Crippen LogP contribution in [0.5, 0.6) is 0 Å². The van der Waals surface area contributed by atoms with Crippen molar-refractivity contribution in [3.8, 4) is 0 Å². The molecule has 0 amide bonds. The summed E-state index contributed by atoms with van der Waals surface area (Å²) < 4.78 is 10.9. The van der Waals surface area contributed by atoms with Crippen LogP contribution in [0.15, 0.2) is 52.1 Å². The third-order valence-corrected chi connectivity index (χ3v) is 5.16. The van der Waals surface area contributed by atoms with Gasteiger partial charge < -0.3 is 19.4 Å². The first-order valence-corrected chi connectivity index (χ1v) is 9.86. The van der Waals surface area contributed by atoms with Crippen molar-refractivity contribution in [3.63, 3.8) is 0 Å². The number of hydrogen-bond acceptors (Lipinski definition) is 4. The van der Waals surface area contributed by atoms with Crippen LogP contribution in [0.3, 0.4) is 0 Å². The molecule has 1 fully saturated rings. The van der Waals surface area contributed by atoms with Gasteiger partial charge in [-0.05, 0) is 30.2 Å². The Bertz CT molecular complexity index is 738. The summed E-state index contributed by atoms with van der Waals surface area (Å²) in [6, 6.07) is 12.6. The maximum absolute atomic E-state index is 5.45. The fourth-order valence-corrected chi connectivity index (χ4v) is 3.67. The molecule has 4 rings (SSSR count). The highest BCUT2D eigenvalue weighted by Gasteiger charge is 2.22. The number of rotatable bonds is 6. The summed E-state index contributed by atoms with van der Waals surface area (Å²) in [7, 11) is 0. The van der Waals surface area contributed by atoms with Gasteiger partial charge in [-0.3, -0.25) is 9.89 Å². The number of benzene rings is 1. The quantitative estimate of drug-likeness (QED) is 0.626. The van der Waals surface area contributed by atoms with Gasteiger partial charge >= 0.3 is 0 Å². The van der Waals surface area contributed by atoms with Gasteiger partial charge in [-0.15, -0.1) is 0 Å². The summed E-state index contributed by atoms with van der Waals surface area (Å²) >= 11 is 0. The zero-order valence-electron chi connectivity index (χ0n) is 15.8. The van der Waals surface area contributed by atoms with Gasteiger partial charge in [0.1, 0.15) is 5.76 Å². The normalized spacial score (nSPS) is 17.9. The molecule has 0 radical (unpaired) electrons. The Morgan fingerprint density at radius 1 is 1.07 bits per heavy atom. The number of hydrogen-bond donors (Lipinski definition) is 1. The molecule has 2 aliphatic heterocycles. The Labute approximate surface area is 160 Å². The van der Waals surface area contributed by atoms with Crippen molar-refractivity contribution in [1.29, 1.82) is 0 Å². The summed E-state index contributed by atoms with van der Waals surface area (Å²) in [5.41, 5.74) is 2.67. The molecule has 1 aromatic carbocycles. The van der Waals surface area contributed by atoms with Gasteiger partial charge in [0.15, 0.2) is 5.96 Å². The van der Waals surface area contributed by atoms with E-state index in [4.69, 9.17) is 14.1 Å². The van der Waals surface area contributed by atoms with Crippen LogP contribution in [-0.2, 0) is 17.6 Å². The number of para-hydroxylation sites is 1. The molecule has 2 aliphatic rings. The van der Waals surface area contributed by atoms with Crippen molar-refractivity contribution in [2.75, 3.05) is 57.4 Å². The Morgan fingerprint density at radius 3 is 2.81 bits per heavy atom. The highest BCUT2D eigenvalue weighted by Crippen LogP contribution is 2.27. The lowest BCUT2D eigenvalue weighted by atomic mass is 10.2. The molecule has 1 saturated heterocycles. The van der Waals surface area contributed by atoms with Gasteiger partial charge in [-0.2, -0.15) is 0 Å². The molecule has 0 aliphatic carbocycles. The summed E-state index contributed by atoms with van der Waals surface area (Å²) in [5, 5.41) is 3.55. The van der Waals surface area contributed by atoms with Crippen molar-refractivity contribution in [2.45, 2.75) is 12.8 Å². The van der Waals surface area contributed by atoms with Gasteiger partial charge in [-0.1, -0.05) is 18.2 Å². The second-order valence-corrected chi connectivity index (χ2v) is 6.95. The Morgan fingerprint density at radius 2 is 1.96 bits per heavy atom. The number of nitrogens with one attached hydrogen (secondary N) is 1. The average molecular weight is 368 g/mol. The minimum Gasteiger partial charge on any atom is -0.469 e. The van der Waals surface area contributed by atoms with Crippen molar-refractivity contribution < 1.29 is 9.15 Å². The van der Waals surface area contributed by atoms with Crippen molar-refractivity contribution >= 4 is 11.6 Å². The highest BCUT2D eigenvalue weighted by atomic mass is 16.5. The first-order chi connectivity index (χ1) is 13.4. The van der Waals surface area contributed by atoms with E-state index in [1.54, 1.807) is 6.26 Å². The number of ether oxygens (including phenoxy) is 1. The van der Waals surface area contributed by atoms with Gasteiger partial charge in [0.2, 0.25) is 0 Å². The van der Waals surface area contributed by atoms with E-state index < -0.39 is 0 Å². The molecule has 6 nitrogen and oxygen atoms in total. The standard InChI is InChI=1S/C21H28N4O2/c1-2-6-20-18(4-1)8-11-25(20)21(22-9-7-19-5-3-15-27-19)23-10-12-24-13-16-26-17-14-24/h1-6,15H,7-14,16-17H2,(H,22,23). The topological polar surface area (TPSA) is 53.2 Å². The molecule has 0 unspecified atom stereocenters. The van der Waals surface area contributed by atoms with E-state index in [2.05, 4.69) is 39.4 Å². The lowest BCUT2D eigenvalue weighted by Gasteiger charge is -2.26. The molecule has 0 atom stereocenters. The Kier molecular flexibility index (Phi) is 6.06. The molecule has 0 spiro atoms. The molecule has 1 N–H and O–H groups in total. The van der Waals surface area contributed by atoms with E-state index in [0.29, 0.717) is 0 Å². The first kappa shape index (κ1) is 18.1. The van der Waals surface area contributed by atoms with Gasteiger partial charge in [-0.25, -0.2) is 0 Å². The minimum atomic E-state index is 0.793. The molecule has 3 heterocycles. The number of furan rings is 1. The highest BCUT2D eigenvalue weighted by molar-refractivity contribution is 5.98. The van der Waals surface area contributed by atoms with E-state index in [9.17, 15) is 0 Å². The SMILES string of the molecule is c1coc(CCNC(=NCCN2CCOCC2)N2CCc3ccccc32)c1. The fourth-order valence-electron chi connectivity index (χ4n) is 3.67. The predicted molar refractivity (Wildman–Crippen MR) is 107 cm³/mol. The molecule has 0 saturated carbocycles. The third-order valence-electron chi connectivity index (χ3n) is 5.16. The van der Waals surface area contributed by atoms with Gasteiger partial charge in [0.05, 0.1) is 26.0 Å². The minimum absolute atomic E-state index is 0.793. The number of nitrogens with zero attached hydrogens (tertiary/aromatic N) is 3. The zero-order chi connectivity index (χ0) is 18.3. The molecule has 0 bridgehead atoms. The predicted octanol–water partition coefficient (Wildman–Crippen LogP) is 2.16. The summed E-state index contributed by atoms with van der Waals surface area (Å²) in [4.78, 5) is 9.67. The van der Waals surface area contributed by atoms with Crippen LogP contribution in [-0.4, -0.2) is 63.3 Å². The largest absolute Gasteiger partial charge is 0.469 e. The maximum atomic E-state index is 5.45. The number of fused-ring (bicyclic) bond motifs is 1. The molecule has 2 aromatic rings. The lowest BCUT2D eigenvalue weighted by Crippen LogP contribution is -2.42. The number of anilines is 1. The van der Waals surface area contributed by atoms with Gasteiger partial charge in [0, 0.05) is 44.8 Å². The monoisotopic (exact) mass is 368 g/mol. The number of aliphatic imine (C=N–C) groups is 1. The molecule has 27 heavy (non-hydrogen) atoms. The smallest absolute Gasteiger partial charge is 0.198 e. The second-order valence-electron chi connectivity index (χ2n) is 6.95. The lowest BCUT2D eigenvalue weighted by molar-refractivity contribution is 0.0394. The van der Waals surface area contributed by atoms with E-state index in [-0.39, 0.29) is 0 Å². The maximum Gasteiger partial charge on any atom is 0.198 e. The molecule has 144 valence electrons. The van der Waals surface area contributed by atoms with Crippen molar-refractivity contribution in [3.05, 3.63) is 54.0 Å². The van der Waals surface area contributed by atoms with Crippen LogP contribution < -0.4 is 10.2 Å². The summed E-state index contributed by atoms with van der Waals surface area (Å²) in [6.07, 6.45) is 3.65. The Hall–Kier alpha value is -2.31. The van der Waals surface area contributed by atoms with Crippen LogP contribution in [0.2, 0.25) is 0 Å². The van der Waals surface area contributed by atoms with E-state index >= 15 is 0 Å². The fraction of sp³-hybridized carbons (Fsp3) is 0.476. The number of morpholine rings is 1. The van der Waals surface area contributed by atoms with E-state index in [1.165, 1.54) is 11.3 Å². The van der Waals surface area contributed by atoms with Crippen LogP contribution in [0.1, 0.15) is 11.3 Å². The zero-order valence-corrected chi connectivity index (χ0v) is 15.8. The first-order valence-electron chi connectivity index (χ1n) is 9.86.